The van der Waals surface area contributed by atoms with Crippen molar-refractivity contribution >= 4 is 16.7 Å². The second kappa shape index (κ2) is 3.32. The van der Waals surface area contributed by atoms with E-state index in [-0.39, 0.29) is 5.91 Å². The van der Waals surface area contributed by atoms with Gasteiger partial charge in [-0.2, -0.15) is 0 Å². The van der Waals surface area contributed by atoms with Gasteiger partial charge in [-0.15, -0.1) is 0 Å². The summed E-state index contributed by atoms with van der Waals surface area (Å²) in [7, 11) is 0. The van der Waals surface area contributed by atoms with Crippen LogP contribution in [0.15, 0.2) is 36.4 Å². The van der Waals surface area contributed by atoms with E-state index in [1.807, 2.05) is 36.4 Å². The first-order chi connectivity index (χ1) is 7.77. The highest BCUT2D eigenvalue weighted by molar-refractivity contribution is 5.95. The SMILES string of the molecule is NC(=O)C1[N]Cc2cccc3cccc1c23. The van der Waals surface area contributed by atoms with Crippen LogP contribution >= 0.6 is 0 Å². The first-order valence-electron chi connectivity index (χ1n) is 5.24. The number of benzene rings is 2. The molecule has 3 nitrogen and oxygen atoms in total. The molecule has 1 amide bonds. The predicted molar refractivity (Wildman–Crippen MR) is 61.7 cm³/mol. The molecule has 0 aliphatic carbocycles. The first-order valence-corrected chi connectivity index (χ1v) is 5.24. The Morgan fingerprint density at radius 2 is 2.00 bits per heavy atom. The lowest BCUT2D eigenvalue weighted by Crippen LogP contribution is -2.31. The minimum atomic E-state index is -0.487. The monoisotopic (exact) mass is 211 g/mol. The van der Waals surface area contributed by atoms with Crippen LogP contribution in [0.25, 0.3) is 10.8 Å². The topological polar surface area (TPSA) is 57.2 Å². The van der Waals surface area contributed by atoms with Crippen molar-refractivity contribution < 1.29 is 4.79 Å². The molecule has 0 spiro atoms. The summed E-state index contributed by atoms with van der Waals surface area (Å²) in [4.78, 5) is 11.3. The number of carbonyl (C=O) groups is 1. The molecule has 1 radical (unpaired) electrons. The van der Waals surface area contributed by atoms with Gasteiger partial charge in [0.25, 0.3) is 0 Å². The Hall–Kier alpha value is -1.87. The quantitative estimate of drug-likeness (QED) is 0.763. The molecule has 0 aromatic heterocycles. The molecule has 2 aromatic rings. The minimum Gasteiger partial charge on any atom is -0.368 e. The lowest BCUT2D eigenvalue weighted by atomic mass is 9.91. The highest BCUT2D eigenvalue weighted by Gasteiger charge is 2.25. The number of nitrogens with zero attached hydrogens (tertiary/aromatic N) is 1. The van der Waals surface area contributed by atoms with E-state index in [1.54, 1.807) is 0 Å². The van der Waals surface area contributed by atoms with Gasteiger partial charge in [0, 0.05) is 6.54 Å². The summed E-state index contributed by atoms with van der Waals surface area (Å²) < 4.78 is 0. The average Bonchev–Trinajstić information content (AvgIpc) is 2.30. The largest absolute Gasteiger partial charge is 0.368 e. The molecule has 0 saturated carbocycles. The maximum Gasteiger partial charge on any atom is 0.240 e. The van der Waals surface area contributed by atoms with Crippen molar-refractivity contribution in [3.05, 3.63) is 47.5 Å². The van der Waals surface area contributed by atoms with E-state index in [2.05, 4.69) is 5.32 Å². The van der Waals surface area contributed by atoms with Gasteiger partial charge in [-0.25, -0.2) is 5.32 Å². The van der Waals surface area contributed by atoms with E-state index in [0.29, 0.717) is 6.54 Å². The molecule has 3 heteroatoms. The van der Waals surface area contributed by atoms with E-state index < -0.39 is 6.04 Å². The Morgan fingerprint density at radius 1 is 1.25 bits per heavy atom. The maximum absolute atomic E-state index is 11.3. The zero-order chi connectivity index (χ0) is 11.1. The van der Waals surface area contributed by atoms with E-state index in [9.17, 15) is 4.79 Å². The van der Waals surface area contributed by atoms with Crippen LogP contribution in [0.3, 0.4) is 0 Å². The van der Waals surface area contributed by atoms with Gasteiger partial charge in [-0.05, 0) is 21.9 Å². The van der Waals surface area contributed by atoms with Crippen LogP contribution in [0.1, 0.15) is 17.2 Å². The second-order valence-electron chi connectivity index (χ2n) is 4.01. The van der Waals surface area contributed by atoms with Gasteiger partial charge in [0.15, 0.2) is 0 Å². The molecule has 1 aliphatic rings. The molecule has 0 bridgehead atoms. The van der Waals surface area contributed by atoms with Crippen molar-refractivity contribution in [2.24, 2.45) is 5.73 Å². The smallest absolute Gasteiger partial charge is 0.240 e. The molecule has 2 aromatic carbocycles. The van der Waals surface area contributed by atoms with Gasteiger partial charge in [-0.3, -0.25) is 4.79 Å². The summed E-state index contributed by atoms with van der Waals surface area (Å²) in [6.45, 7) is 0.571. The van der Waals surface area contributed by atoms with Crippen LogP contribution in [0.4, 0.5) is 0 Å². The van der Waals surface area contributed by atoms with Crippen LogP contribution in [0, 0.1) is 0 Å². The van der Waals surface area contributed by atoms with E-state index in [4.69, 9.17) is 5.73 Å². The molecule has 2 N–H and O–H groups in total. The number of rotatable bonds is 1. The van der Waals surface area contributed by atoms with Crippen LogP contribution in [-0.4, -0.2) is 5.91 Å². The van der Waals surface area contributed by atoms with Gasteiger partial charge in [0.05, 0.1) is 0 Å². The highest BCUT2D eigenvalue weighted by atomic mass is 16.1. The Balaban J connectivity index is 2.35. The number of hydrogen-bond donors (Lipinski definition) is 1. The summed E-state index contributed by atoms with van der Waals surface area (Å²) in [5.74, 6) is -0.373. The van der Waals surface area contributed by atoms with Crippen molar-refractivity contribution in [2.75, 3.05) is 0 Å². The Morgan fingerprint density at radius 3 is 2.75 bits per heavy atom. The summed E-state index contributed by atoms with van der Waals surface area (Å²) >= 11 is 0. The lowest BCUT2D eigenvalue weighted by molar-refractivity contribution is -0.120. The predicted octanol–water partition coefficient (Wildman–Crippen LogP) is 1.48. The lowest BCUT2D eigenvalue weighted by Gasteiger charge is -2.23. The van der Waals surface area contributed by atoms with E-state index >= 15 is 0 Å². The van der Waals surface area contributed by atoms with Gasteiger partial charge in [-0.1, -0.05) is 36.4 Å². The number of nitrogens with two attached hydrogens (primary N) is 1. The molecule has 1 aliphatic heterocycles. The molecule has 0 fully saturated rings. The number of primary amides is 1. The minimum absolute atomic E-state index is 0.373. The van der Waals surface area contributed by atoms with Crippen molar-refractivity contribution in [1.29, 1.82) is 0 Å². The van der Waals surface area contributed by atoms with Crippen LogP contribution < -0.4 is 11.1 Å². The molecule has 1 heterocycles. The standard InChI is InChI=1S/C13H11N2O/c14-13(16)12-10-6-2-4-8-3-1-5-9(7-15-12)11(8)10/h1-6,12H,7H2,(H2,14,16). The molecular weight excluding hydrogens is 200 g/mol. The van der Waals surface area contributed by atoms with Crippen LogP contribution in [0.2, 0.25) is 0 Å². The molecule has 79 valence electrons. The van der Waals surface area contributed by atoms with Crippen molar-refractivity contribution in [3.63, 3.8) is 0 Å². The fourth-order valence-corrected chi connectivity index (χ4v) is 2.34. The van der Waals surface area contributed by atoms with Gasteiger partial charge >= 0.3 is 0 Å². The van der Waals surface area contributed by atoms with Crippen LogP contribution in [-0.2, 0) is 11.3 Å². The van der Waals surface area contributed by atoms with E-state index in [1.165, 1.54) is 5.56 Å². The molecule has 16 heavy (non-hydrogen) atoms. The summed E-state index contributed by atoms with van der Waals surface area (Å²) in [6.07, 6.45) is 0. The molecule has 1 atom stereocenters. The van der Waals surface area contributed by atoms with Gasteiger partial charge in [0.2, 0.25) is 5.91 Å². The maximum atomic E-state index is 11.3. The van der Waals surface area contributed by atoms with Gasteiger partial charge in [0.1, 0.15) is 6.04 Å². The number of carbonyl (C=O) groups excluding carboxylic acids is 1. The third-order valence-electron chi connectivity index (χ3n) is 3.03. The molecule has 1 unspecified atom stereocenters. The third kappa shape index (κ3) is 1.22. The van der Waals surface area contributed by atoms with Crippen molar-refractivity contribution in [2.45, 2.75) is 12.6 Å². The van der Waals surface area contributed by atoms with E-state index in [0.717, 1.165) is 16.3 Å². The Bertz CT molecular complexity index is 572. The molecule has 3 rings (SSSR count). The number of hydrogen-bond acceptors (Lipinski definition) is 1. The number of amides is 1. The normalized spacial score (nSPS) is 18.6. The Labute approximate surface area is 93.3 Å². The second-order valence-corrected chi connectivity index (χ2v) is 4.01. The third-order valence-corrected chi connectivity index (χ3v) is 3.03. The van der Waals surface area contributed by atoms with Crippen molar-refractivity contribution in [3.8, 4) is 0 Å². The summed E-state index contributed by atoms with van der Waals surface area (Å²) in [6, 6.07) is 11.5. The van der Waals surface area contributed by atoms with Crippen molar-refractivity contribution in [1.82, 2.24) is 5.32 Å². The van der Waals surface area contributed by atoms with Gasteiger partial charge < -0.3 is 5.73 Å². The highest BCUT2D eigenvalue weighted by Crippen LogP contribution is 2.32. The molecular formula is C13H11N2O. The fraction of sp³-hybridized carbons (Fsp3) is 0.154. The fourth-order valence-electron chi connectivity index (χ4n) is 2.34. The van der Waals surface area contributed by atoms with Crippen LogP contribution in [0.5, 0.6) is 0 Å². The Kier molecular flexibility index (Phi) is 1.94. The zero-order valence-electron chi connectivity index (χ0n) is 8.68. The first kappa shape index (κ1) is 9.36. The summed E-state index contributed by atoms with van der Waals surface area (Å²) in [5, 5.41) is 6.61. The average molecular weight is 211 g/mol. The molecule has 0 saturated heterocycles. The zero-order valence-corrected chi connectivity index (χ0v) is 8.68. The summed E-state index contributed by atoms with van der Waals surface area (Å²) in [5.41, 5.74) is 7.48.